The Balaban J connectivity index is -0.00000000167. The first kappa shape index (κ1) is 28.0. The minimum atomic E-state index is 0. The summed E-state index contributed by atoms with van der Waals surface area (Å²) in [6.07, 6.45) is 0. The zero-order chi connectivity index (χ0) is 2.00. The quantitative estimate of drug-likeness (QED) is 0.453. The SMILES string of the molecule is [AlH3].[O]=[Ti].[SiH3].[Ta]. The number of hydrogen-bond acceptors (Lipinski definition) is 1. The van der Waals surface area contributed by atoms with Crippen LogP contribution in [0.3, 0.4) is 0 Å². The summed E-state index contributed by atoms with van der Waals surface area (Å²) in [5.74, 6) is 0. The van der Waals surface area contributed by atoms with E-state index in [0.29, 0.717) is 0 Å². The molecule has 5 heavy (non-hydrogen) atoms. The summed E-state index contributed by atoms with van der Waals surface area (Å²) in [6.45, 7) is 0. The molecule has 0 atom stereocenters. The van der Waals surface area contributed by atoms with Crippen molar-refractivity contribution in [3.05, 3.63) is 0 Å². The van der Waals surface area contributed by atoms with E-state index in [0.717, 1.165) is 20.4 Å². The standard InChI is InChI=1S/Al.O.H3Si.Ta.Ti.3H/h;;1H3;;;;;. The van der Waals surface area contributed by atoms with Crippen LogP contribution in [0, 0.1) is 0 Å². The Labute approximate surface area is 73.7 Å². The third-order valence-electron chi connectivity index (χ3n) is 0. The number of hydrogen-bond donors (Lipinski definition) is 0. The zero-order valence-corrected chi connectivity index (χ0v) is 9.13. The molecule has 2 radical (unpaired) electrons. The van der Waals surface area contributed by atoms with Crippen LogP contribution in [0.1, 0.15) is 0 Å². The van der Waals surface area contributed by atoms with Crippen molar-refractivity contribution in [1.29, 1.82) is 0 Å². The van der Waals surface area contributed by atoms with Crippen molar-refractivity contribution < 1.29 is 46.1 Å². The summed E-state index contributed by atoms with van der Waals surface area (Å²) in [4.78, 5) is 0. The molecule has 0 saturated carbocycles. The second-order valence-electron chi connectivity index (χ2n) is 0. The predicted molar refractivity (Wildman–Crippen MR) is 20.6 cm³/mol. The number of rotatable bonds is 0. The van der Waals surface area contributed by atoms with E-state index in [4.69, 9.17) is 3.32 Å². The van der Waals surface area contributed by atoms with Gasteiger partial charge in [-0.25, -0.2) is 0 Å². The van der Waals surface area contributed by atoms with Gasteiger partial charge in [-0.15, -0.1) is 0 Å². The van der Waals surface area contributed by atoms with Crippen LogP contribution in [0.15, 0.2) is 0 Å². The average molecular weight is 306 g/mol. The monoisotopic (exact) mass is 306 g/mol. The molecule has 0 saturated heterocycles. The Bertz CT molecular complexity index is 11.6. The topological polar surface area (TPSA) is 17.1 Å². The van der Waals surface area contributed by atoms with Crippen molar-refractivity contribution in [2.45, 2.75) is 0 Å². The van der Waals surface area contributed by atoms with Gasteiger partial charge in [0, 0.05) is 22.4 Å². The Kier molecular flexibility index (Phi) is 209. The van der Waals surface area contributed by atoms with Gasteiger partial charge >= 0.3 is 23.7 Å². The van der Waals surface area contributed by atoms with Crippen LogP contribution in [-0.2, 0) is 46.1 Å². The first-order valence-corrected chi connectivity index (χ1v) is 0.842. The maximum Gasteiger partial charge on any atom is 0 e. The third-order valence-corrected chi connectivity index (χ3v) is 0. The molecule has 1 nitrogen and oxygen atoms in total. The average Bonchev–Trinajstić information content (AvgIpc) is 1.00. The third kappa shape index (κ3) is 24.0. The van der Waals surface area contributed by atoms with Crippen molar-refractivity contribution in [2.24, 2.45) is 0 Å². The maximum absolute atomic E-state index is 8.25. The van der Waals surface area contributed by atoms with Crippen molar-refractivity contribution >= 4 is 28.3 Å². The van der Waals surface area contributed by atoms with Crippen LogP contribution in [-0.4, -0.2) is 28.3 Å². The van der Waals surface area contributed by atoms with E-state index in [9.17, 15) is 0 Å². The molecule has 0 aliphatic heterocycles. The summed E-state index contributed by atoms with van der Waals surface area (Å²) in [5.41, 5.74) is 0. The molecule has 0 heterocycles. The minimum Gasteiger partial charge on any atom is -0.0125 e. The second kappa shape index (κ2) is 37.4. The van der Waals surface area contributed by atoms with Gasteiger partial charge in [-0.05, 0) is 11.0 Å². The fraction of sp³-hybridized carbons (Fsp3) is 0. The molecule has 0 aromatic carbocycles. The zero-order valence-electron chi connectivity index (χ0n) is 2.36. The van der Waals surface area contributed by atoms with Crippen molar-refractivity contribution in [2.75, 3.05) is 0 Å². The van der Waals surface area contributed by atoms with Gasteiger partial charge in [-0.1, -0.05) is 0 Å². The predicted octanol–water partition coefficient (Wildman–Crippen LogP) is -2.49. The Morgan fingerprint density at radius 1 is 1.20 bits per heavy atom. The normalized spacial score (nSPS) is 0.600. The molecule has 0 aromatic rings. The van der Waals surface area contributed by atoms with Crippen LogP contribution in [0.2, 0.25) is 0 Å². The fourth-order valence-corrected chi connectivity index (χ4v) is 0. The molecule has 0 unspecified atom stereocenters. The van der Waals surface area contributed by atoms with E-state index in [1.165, 1.54) is 0 Å². The summed E-state index contributed by atoms with van der Waals surface area (Å²) in [5, 5.41) is 0. The Morgan fingerprint density at radius 2 is 1.20 bits per heavy atom. The van der Waals surface area contributed by atoms with Crippen molar-refractivity contribution in [3.63, 3.8) is 0 Å². The Morgan fingerprint density at radius 3 is 1.20 bits per heavy atom. The molecule has 0 spiro atoms. The smallest absolute Gasteiger partial charge is 0 e. The van der Waals surface area contributed by atoms with Crippen LogP contribution >= 0.6 is 0 Å². The van der Waals surface area contributed by atoms with E-state index >= 15 is 0 Å². The van der Waals surface area contributed by atoms with Crippen molar-refractivity contribution in [3.8, 4) is 0 Å². The summed E-state index contributed by atoms with van der Waals surface area (Å²) in [6, 6.07) is 0. The summed E-state index contributed by atoms with van der Waals surface area (Å²) >= 11 is 0.750. The Hall–Kier alpha value is 2.00. The molecule has 0 rings (SSSR count). The van der Waals surface area contributed by atoms with Crippen molar-refractivity contribution in [1.82, 2.24) is 0 Å². The molecule has 0 aliphatic carbocycles. The molecule has 0 amide bonds. The van der Waals surface area contributed by atoms with E-state index in [1.54, 1.807) is 0 Å². The van der Waals surface area contributed by atoms with Gasteiger partial charge in [0.1, 0.15) is 0 Å². The maximum atomic E-state index is 8.25. The fourth-order valence-electron chi connectivity index (χ4n) is 0. The molecule has 28 valence electrons. The molecular weight excluding hydrogens is 300 g/mol. The van der Waals surface area contributed by atoms with E-state index in [1.807, 2.05) is 0 Å². The van der Waals surface area contributed by atoms with Gasteiger partial charge in [-0.2, -0.15) is 0 Å². The van der Waals surface area contributed by atoms with Gasteiger partial charge in [0.15, 0.2) is 17.4 Å². The van der Waals surface area contributed by atoms with Crippen LogP contribution < -0.4 is 0 Å². The first-order valence-electron chi connectivity index (χ1n) is 0.204. The van der Waals surface area contributed by atoms with E-state index < -0.39 is 0 Å². The van der Waals surface area contributed by atoms with Gasteiger partial charge in [-0.3, -0.25) is 0 Å². The van der Waals surface area contributed by atoms with E-state index in [2.05, 4.69) is 0 Å². The van der Waals surface area contributed by atoms with Crippen LogP contribution in [0.5, 0.6) is 0 Å². The van der Waals surface area contributed by atoms with Crippen LogP contribution in [0.25, 0.3) is 0 Å². The van der Waals surface area contributed by atoms with E-state index in [-0.39, 0.29) is 50.7 Å². The van der Waals surface area contributed by atoms with Gasteiger partial charge < -0.3 is 0 Å². The van der Waals surface area contributed by atoms with Gasteiger partial charge in [0.25, 0.3) is 0 Å². The molecule has 0 bridgehead atoms. The largest absolute Gasteiger partial charge is 0.0125 e. The molecule has 0 aromatic heterocycles. The summed E-state index contributed by atoms with van der Waals surface area (Å²) in [7, 11) is 0. The molecule has 0 N–H and O–H groups in total. The van der Waals surface area contributed by atoms with Gasteiger partial charge in [0.05, 0.1) is 0 Å². The molecule has 0 fully saturated rings. The second-order valence-corrected chi connectivity index (χ2v) is 0. The van der Waals surface area contributed by atoms with Crippen LogP contribution in [0.4, 0.5) is 0 Å². The minimum absolute atomic E-state index is 0. The molecule has 0 aliphatic rings. The molecule has 5 heteroatoms. The summed E-state index contributed by atoms with van der Waals surface area (Å²) < 4.78 is 8.25. The molecular formula is H6AlOSiTaTi. The van der Waals surface area contributed by atoms with Gasteiger partial charge in [0.2, 0.25) is 0 Å². The first-order chi connectivity index (χ1) is 1.00.